The van der Waals surface area contributed by atoms with E-state index < -0.39 is 0 Å². The lowest BCUT2D eigenvalue weighted by Crippen LogP contribution is -2.52. The average Bonchev–Trinajstić information content (AvgIpc) is 3.47. The molecule has 7 nitrogen and oxygen atoms in total. The minimum absolute atomic E-state index is 0.700. The zero-order valence-electron chi connectivity index (χ0n) is 18.0. The van der Waals surface area contributed by atoms with Gasteiger partial charge in [-0.25, -0.2) is 0 Å². The Balaban J connectivity index is 1.15. The molecule has 1 aromatic heterocycles. The van der Waals surface area contributed by atoms with E-state index in [9.17, 15) is 0 Å². The third-order valence-electron chi connectivity index (χ3n) is 6.24. The summed E-state index contributed by atoms with van der Waals surface area (Å²) in [6.45, 7) is 9.43. The molecule has 30 heavy (non-hydrogen) atoms. The number of nitrogens with one attached hydrogen (secondary N) is 1. The molecule has 0 bridgehead atoms. The summed E-state index contributed by atoms with van der Waals surface area (Å²) in [6, 6.07) is 12.7. The summed E-state index contributed by atoms with van der Waals surface area (Å²) in [6.07, 6.45) is 4.05. The Bertz CT molecular complexity index is 770. The Morgan fingerprint density at radius 1 is 1.10 bits per heavy atom. The smallest absolute Gasteiger partial charge is 0.193 e. The van der Waals surface area contributed by atoms with Crippen molar-refractivity contribution in [1.82, 2.24) is 25.2 Å². The highest BCUT2D eigenvalue weighted by Crippen LogP contribution is 2.16. The van der Waals surface area contributed by atoms with Crippen LogP contribution in [-0.4, -0.2) is 85.2 Å². The molecule has 0 amide bonds. The highest BCUT2D eigenvalue weighted by atomic mass is 16.5. The molecule has 0 saturated carbocycles. The molecule has 2 aliphatic heterocycles. The van der Waals surface area contributed by atoms with Gasteiger partial charge in [-0.2, -0.15) is 0 Å². The number of guanidine groups is 1. The van der Waals surface area contributed by atoms with Crippen molar-refractivity contribution in [2.75, 3.05) is 59.4 Å². The summed E-state index contributed by atoms with van der Waals surface area (Å²) in [7, 11) is 1.89. The van der Waals surface area contributed by atoms with Crippen LogP contribution in [0.2, 0.25) is 0 Å². The number of likely N-dealkylation sites (tertiary alicyclic amines) is 1. The molecule has 3 heterocycles. The Hall–Kier alpha value is -2.38. The van der Waals surface area contributed by atoms with Crippen LogP contribution < -0.4 is 5.32 Å². The minimum atomic E-state index is 0.700. The molecule has 1 unspecified atom stereocenters. The van der Waals surface area contributed by atoms with Crippen molar-refractivity contribution < 1.29 is 4.52 Å². The number of benzene rings is 1. The van der Waals surface area contributed by atoms with Crippen LogP contribution in [0.15, 0.2) is 52.2 Å². The summed E-state index contributed by atoms with van der Waals surface area (Å²) < 4.78 is 4.94. The number of rotatable bonds is 7. The van der Waals surface area contributed by atoms with Gasteiger partial charge in [-0.05, 0) is 30.9 Å². The normalized spacial score (nSPS) is 21.3. The van der Waals surface area contributed by atoms with Crippen molar-refractivity contribution in [2.24, 2.45) is 10.9 Å². The molecule has 4 rings (SSSR count). The summed E-state index contributed by atoms with van der Waals surface area (Å²) in [5.41, 5.74) is 2.44. The summed E-state index contributed by atoms with van der Waals surface area (Å²) in [4.78, 5) is 11.9. The molecule has 0 aliphatic carbocycles. The largest absolute Gasteiger partial charge is 0.364 e. The molecule has 7 heteroatoms. The van der Waals surface area contributed by atoms with Crippen molar-refractivity contribution in [3.63, 3.8) is 0 Å². The predicted octanol–water partition coefficient (Wildman–Crippen LogP) is 1.93. The second kappa shape index (κ2) is 10.6. The van der Waals surface area contributed by atoms with Gasteiger partial charge in [0.2, 0.25) is 0 Å². The fourth-order valence-corrected chi connectivity index (χ4v) is 4.45. The van der Waals surface area contributed by atoms with E-state index in [0.29, 0.717) is 5.92 Å². The van der Waals surface area contributed by atoms with E-state index in [1.165, 1.54) is 25.1 Å². The molecule has 2 saturated heterocycles. The maximum atomic E-state index is 4.94. The van der Waals surface area contributed by atoms with Crippen LogP contribution in [0, 0.1) is 5.92 Å². The number of piperazine rings is 1. The van der Waals surface area contributed by atoms with E-state index >= 15 is 0 Å². The maximum absolute atomic E-state index is 4.94. The fourth-order valence-electron chi connectivity index (χ4n) is 4.45. The van der Waals surface area contributed by atoms with Gasteiger partial charge in [-0.1, -0.05) is 35.5 Å². The number of aliphatic imine (C=N–C) groups is 1. The predicted molar refractivity (Wildman–Crippen MR) is 119 cm³/mol. The van der Waals surface area contributed by atoms with Crippen LogP contribution in [0.1, 0.15) is 17.7 Å². The topological polar surface area (TPSA) is 60.1 Å². The van der Waals surface area contributed by atoms with Crippen LogP contribution in [0.3, 0.4) is 0 Å². The van der Waals surface area contributed by atoms with Crippen LogP contribution in [0.5, 0.6) is 0 Å². The first-order valence-corrected chi connectivity index (χ1v) is 11.1. The maximum Gasteiger partial charge on any atom is 0.193 e. The molecule has 1 N–H and O–H groups in total. The molecular formula is C23H34N6O. The molecule has 0 spiro atoms. The molecule has 2 fully saturated rings. The van der Waals surface area contributed by atoms with E-state index in [0.717, 1.165) is 63.9 Å². The molecule has 1 atom stereocenters. The van der Waals surface area contributed by atoms with Gasteiger partial charge in [0.25, 0.3) is 0 Å². The van der Waals surface area contributed by atoms with E-state index in [2.05, 4.69) is 60.5 Å². The van der Waals surface area contributed by atoms with Crippen molar-refractivity contribution in [3.8, 4) is 0 Å². The first-order chi connectivity index (χ1) is 14.8. The van der Waals surface area contributed by atoms with Gasteiger partial charge in [0, 0.05) is 65.5 Å². The van der Waals surface area contributed by atoms with Crippen LogP contribution >= 0.6 is 0 Å². The molecule has 2 aliphatic rings. The zero-order chi connectivity index (χ0) is 20.6. The van der Waals surface area contributed by atoms with Crippen LogP contribution in [-0.2, 0) is 13.0 Å². The average molecular weight is 411 g/mol. The van der Waals surface area contributed by atoms with Crippen LogP contribution in [0.4, 0.5) is 0 Å². The standard InChI is InChI=1S/C23H34N6O/c1-24-23(29-14-12-28(13-15-29)19-22-9-16-30-26-22)25-17-21-8-11-27(18-21)10-7-20-5-3-2-4-6-20/h2-6,9,16,21H,7-8,10-15,17-19H2,1H3,(H,24,25). The SMILES string of the molecule is CN=C(NCC1CCN(CCc2ccccc2)C1)N1CCN(Cc2ccon2)CC1. The lowest BCUT2D eigenvalue weighted by Gasteiger charge is -2.36. The molecule has 2 aromatic rings. The minimum Gasteiger partial charge on any atom is -0.364 e. The van der Waals surface area contributed by atoms with E-state index in [1.54, 1.807) is 6.26 Å². The van der Waals surface area contributed by atoms with Crippen molar-refractivity contribution >= 4 is 5.96 Å². The Morgan fingerprint density at radius 3 is 2.67 bits per heavy atom. The van der Waals surface area contributed by atoms with Crippen molar-refractivity contribution in [1.29, 1.82) is 0 Å². The molecular weight excluding hydrogens is 376 g/mol. The van der Waals surface area contributed by atoms with Crippen molar-refractivity contribution in [2.45, 2.75) is 19.4 Å². The number of hydrogen-bond donors (Lipinski definition) is 1. The van der Waals surface area contributed by atoms with E-state index in [4.69, 9.17) is 4.52 Å². The van der Waals surface area contributed by atoms with Gasteiger partial charge in [0.15, 0.2) is 5.96 Å². The monoisotopic (exact) mass is 410 g/mol. The highest BCUT2D eigenvalue weighted by molar-refractivity contribution is 5.80. The Morgan fingerprint density at radius 2 is 1.93 bits per heavy atom. The van der Waals surface area contributed by atoms with Gasteiger partial charge < -0.3 is 19.6 Å². The van der Waals surface area contributed by atoms with Crippen molar-refractivity contribution in [3.05, 3.63) is 53.9 Å². The van der Waals surface area contributed by atoms with Gasteiger partial charge in [-0.15, -0.1) is 0 Å². The Labute approximate surface area is 179 Å². The van der Waals surface area contributed by atoms with Gasteiger partial charge in [0.1, 0.15) is 6.26 Å². The lowest BCUT2D eigenvalue weighted by atomic mass is 10.1. The van der Waals surface area contributed by atoms with Gasteiger partial charge >= 0.3 is 0 Å². The summed E-state index contributed by atoms with van der Waals surface area (Å²) in [5, 5.41) is 7.66. The molecule has 162 valence electrons. The molecule has 1 aromatic carbocycles. The second-order valence-electron chi connectivity index (χ2n) is 8.37. The number of aromatic nitrogens is 1. The second-order valence-corrected chi connectivity index (χ2v) is 8.37. The lowest BCUT2D eigenvalue weighted by molar-refractivity contribution is 0.168. The third-order valence-corrected chi connectivity index (χ3v) is 6.24. The van der Waals surface area contributed by atoms with Crippen LogP contribution in [0.25, 0.3) is 0 Å². The number of hydrogen-bond acceptors (Lipinski definition) is 5. The van der Waals surface area contributed by atoms with Gasteiger partial charge in [-0.3, -0.25) is 9.89 Å². The van der Waals surface area contributed by atoms with Gasteiger partial charge in [0.05, 0.1) is 5.69 Å². The van der Waals surface area contributed by atoms with E-state index in [-0.39, 0.29) is 0 Å². The molecule has 0 radical (unpaired) electrons. The Kier molecular flexibility index (Phi) is 7.37. The quantitative estimate of drug-likeness (QED) is 0.556. The van der Waals surface area contributed by atoms with E-state index in [1.807, 2.05) is 13.1 Å². The third kappa shape index (κ3) is 5.83. The number of nitrogens with zero attached hydrogens (tertiary/aromatic N) is 5. The first-order valence-electron chi connectivity index (χ1n) is 11.1. The fraction of sp³-hybridized carbons (Fsp3) is 0.565. The highest BCUT2D eigenvalue weighted by Gasteiger charge is 2.24. The first kappa shape index (κ1) is 20.9. The summed E-state index contributed by atoms with van der Waals surface area (Å²) in [5.74, 6) is 1.74. The zero-order valence-corrected chi connectivity index (χ0v) is 18.0. The summed E-state index contributed by atoms with van der Waals surface area (Å²) >= 11 is 0.